The van der Waals surface area contributed by atoms with Crippen LogP contribution in [-0.2, 0) is 13.1 Å². The first-order chi connectivity index (χ1) is 17.6. The zero-order valence-electron chi connectivity index (χ0n) is 19.6. The molecule has 0 unspecified atom stereocenters. The highest BCUT2D eigenvalue weighted by atomic mass is 16.2. The molecule has 4 heteroatoms. The van der Waals surface area contributed by atoms with E-state index in [1.54, 1.807) is 11.0 Å². The Kier molecular flexibility index (Phi) is 5.34. The van der Waals surface area contributed by atoms with E-state index in [-0.39, 0.29) is 11.5 Å². The van der Waals surface area contributed by atoms with Crippen molar-refractivity contribution in [3.63, 3.8) is 0 Å². The van der Waals surface area contributed by atoms with Crippen LogP contribution in [0.25, 0.3) is 33.0 Å². The largest absolute Gasteiger partial charge is 0.366 e. The zero-order valence-corrected chi connectivity index (χ0v) is 19.6. The number of benzene rings is 5. The van der Waals surface area contributed by atoms with E-state index in [9.17, 15) is 9.59 Å². The fourth-order valence-corrected chi connectivity index (χ4v) is 5.27. The molecular formula is C32H24N2O2. The molecule has 5 aromatic carbocycles. The molecule has 0 heterocycles. The summed E-state index contributed by atoms with van der Waals surface area (Å²) in [4.78, 5) is 29.0. The minimum atomic E-state index is -0.606. The molecule has 6 rings (SSSR count). The first-order valence-electron chi connectivity index (χ1n) is 12.0. The van der Waals surface area contributed by atoms with Gasteiger partial charge in [0.15, 0.2) is 0 Å². The predicted octanol–water partition coefficient (Wildman–Crippen LogP) is 6.43. The molecule has 1 aliphatic rings. The molecule has 0 saturated heterocycles. The molecule has 5 aromatic rings. The van der Waals surface area contributed by atoms with Crippen molar-refractivity contribution in [2.24, 2.45) is 5.73 Å². The van der Waals surface area contributed by atoms with E-state index in [0.717, 1.165) is 44.2 Å². The third-order valence-electron chi connectivity index (χ3n) is 6.85. The summed E-state index contributed by atoms with van der Waals surface area (Å²) < 4.78 is 0. The van der Waals surface area contributed by atoms with Crippen molar-refractivity contribution < 1.29 is 9.59 Å². The van der Waals surface area contributed by atoms with E-state index in [0.29, 0.717) is 18.7 Å². The lowest BCUT2D eigenvalue weighted by Gasteiger charge is -2.25. The van der Waals surface area contributed by atoms with Crippen LogP contribution in [0.5, 0.6) is 0 Å². The van der Waals surface area contributed by atoms with Crippen LogP contribution >= 0.6 is 0 Å². The number of hydrogen-bond acceptors (Lipinski definition) is 2. The lowest BCUT2D eigenvalue weighted by Crippen LogP contribution is -2.32. The van der Waals surface area contributed by atoms with Gasteiger partial charge in [-0.2, -0.15) is 0 Å². The van der Waals surface area contributed by atoms with Crippen LogP contribution in [0, 0.1) is 0 Å². The van der Waals surface area contributed by atoms with Crippen LogP contribution in [0.15, 0.2) is 109 Å². The average molecular weight is 469 g/mol. The van der Waals surface area contributed by atoms with Crippen molar-refractivity contribution in [1.82, 2.24) is 4.90 Å². The second-order valence-corrected chi connectivity index (χ2v) is 9.12. The molecule has 174 valence electrons. The Labute approximate surface area is 209 Å². The minimum absolute atomic E-state index is 0.208. The van der Waals surface area contributed by atoms with Gasteiger partial charge in [0, 0.05) is 18.7 Å². The number of nitrogens with two attached hydrogens (primary N) is 1. The molecule has 0 atom stereocenters. The smallest absolute Gasteiger partial charge is 0.255 e. The third-order valence-corrected chi connectivity index (χ3v) is 6.85. The monoisotopic (exact) mass is 468 g/mol. The number of primary amides is 1. The molecule has 2 amide bonds. The van der Waals surface area contributed by atoms with E-state index < -0.39 is 5.91 Å². The van der Waals surface area contributed by atoms with E-state index in [1.807, 2.05) is 91.0 Å². The van der Waals surface area contributed by atoms with Gasteiger partial charge in [-0.05, 0) is 44.7 Å². The number of carbonyl (C=O) groups excluding carboxylic acids is 2. The molecule has 0 fully saturated rings. The Hall–Kier alpha value is -4.70. The Balaban J connectivity index is 1.57. The zero-order chi connectivity index (χ0) is 24.6. The average Bonchev–Trinajstić information content (AvgIpc) is 3.25. The number of fused-ring (bicyclic) bond motifs is 3. The van der Waals surface area contributed by atoms with Crippen LogP contribution < -0.4 is 5.73 Å². The number of amides is 2. The summed E-state index contributed by atoms with van der Waals surface area (Å²) >= 11 is 0. The highest BCUT2D eigenvalue weighted by Crippen LogP contribution is 2.49. The Morgan fingerprint density at radius 3 is 1.81 bits per heavy atom. The molecule has 0 spiro atoms. The van der Waals surface area contributed by atoms with E-state index >= 15 is 0 Å². The van der Waals surface area contributed by atoms with Gasteiger partial charge in [0.05, 0.1) is 11.1 Å². The molecule has 0 aliphatic heterocycles. The summed E-state index contributed by atoms with van der Waals surface area (Å²) in [6, 6.07) is 35.6. The summed E-state index contributed by atoms with van der Waals surface area (Å²) in [6.45, 7) is 0.821. The van der Waals surface area contributed by atoms with Crippen molar-refractivity contribution in [3.8, 4) is 22.3 Å². The van der Waals surface area contributed by atoms with Crippen LogP contribution in [0.4, 0.5) is 0 Å². The van der Waals surface area contributed by atoms with Crippen molar-refractivity contribution in [3.05, 3.63) is 131 Å². The molecule has 2 N–H and O–H groups in total. The van der Waals surface area contributed by atoms with E-state index in [1.165, 1.54) is 0 Å². The highest BCUT2D eigenvalue weighted by molar-refractivity contribution is 6.24. The Bertz CT molecular complexity index is 1580. The standard InChI is InChI=1S/C32H24N2O2/c33-31(35)27-18-23-14-9-17-25-24-15-7-8-16-26(24)29(28(23)25)30(27)32(36)34(19-21-10-3-1-4-11-21)20-22-12-5-2-6-13-22/h1-18H,19-20H2,(H2,33,35). The molecule has 0 radical (unpaired) electrons. The van der Waals surface area contributed by atoms with Crippen molar-refractivity contribution in [1.29, 1.82) is 0 Å². The van der Waals surface area contributed by atoms with Gasteiger partial charge >= 0.3 is 0 Å². The first kappa shape index (κ1) is 21.8. The number of carbonyl (C=O) groups is 2. The fraction of sp³-hybridized carbons (Fsp3) is 0.0625. The Morgan fingerprint density at radius 2 is 1.19 bits per heavy atom. The fourth-order valence-electron chi connectivity index (χ4n) is 5.27. The van der Waals surface area contributed by atoms with Crippen molar-refractivity contribution in [2.45, 2.75) is 13.1 Å². The highest BCUT2D eigenvalue weighted by Gasteiger charge is 2.32. The van der Waals surface area contributed by atoms with Crippen molar-refractivity contribution >= 4 is 22.6 Å². The number of hydrogen-bond donors (Lipinski definition) is 1. The second kappa shape index (κ2) is 8.82. The maximum Gasteiger partial charge on any atom is 0.255 e. The normalized spacial score (nSPS) is 11.3. The molecule has 0 saturated carbocycles. The van der Waals surface area contributed by atoms with Crippen LogP contribution in [0.3, 0.4) is 0 Å². The predicted molar refractivity (Wildman–Crippen MR) is 143 cm³/mol. The van der Waals surface area contributed by atoms with E-state index in [4.69, 9.17) is 5.73 Å². The second-order valence-electron chi connectivity index (χ2n) is 9.12. The molecule has 36 heavy (non-hydrogen) atoms. The van der Waals surface area contributed by atoms with Gasteiger partial charge in [0.25, 0.3) is 5.91 Å². The van der Waals surface area contributed by atoms with Gasteiger partial charge in [-0.3, -0.25) is 9.59 Å². The van der Waals surface area contributed by atoms with Gasteiger partial charge in [-0.15, -0.1) is 0 Å². The lowest BCUT2D eigenvalue weighted by molar-refractivity contribution is 0.0726. The van der Waals surface area contributed by atoms with Crippen LogP contribution in [-0.4, -0.2) is 16.7 Å². The van der Waals surface area contributed by atoms with Gasteiger partial charge < -0.3 is 10.6 Å². The van der Waals surface area contributed by atoms with Crippen LogP contribution in [0.2, 0.25) is 0 Å². The van der Waals surface area contributed by atoms with Crippen LogP contribution in [0.1, 0.15) is 31.8 Å². The lowest BCUT2D eigenvalue weighted by atomic mass is 9.91. The topological polar surface area (TPSA) is 63.4 Å². The third kappa shape index (κ3) is 3.64. The van der Waals surface area contributed by atoms with Gasteiger partial charge in [0.1, 0.15) is 0 Å². The summed E-state index contributed by atoms with van der Waals surface area (Å²) in [5.74, 6) is -0.814. The molecule has 4 nitrogen and oxygen atoms in total. The quantitative estimate of drug-likeness (QED) is 0.306. The summed E-state index contributed by atoms with van der Waals surface area (Å²) in [5.41, 5.74) is 12.4. The molecular weight excluding hydrogens is 444 g/mol. The maximum atomic E-state index is 14.5. The van der Waals surface area contributed by atoms with Gasteiger partial charge in [-0.1, -0.05) is 103 Å². The number of nitrogens with zero attached hydrogens (tertiary/aromatic N) is 1. The minimum Gasteiger partial charge on any atom is -0.366 e. The summed E-state index contributed by atoms with van der Waals surface area (Å²) in [6.07, 6.45) is 0. The van der Waals surface area contributed by atoms with Crippen molar-refractivity contribution in [2.75, 3.05) is 0 Å². The molecule has 0 bridgehead atoms. The van der Waals surface area contributed by atoms with Gasteiger partial charge in [-0.25, -0.2) is 0 Å². The maximum absolute atomic E-state index is 14.5. The molecule has 0 aromatic heterocycles. The summed E-state index contributed by atoms with van der Waals surface area (Å²) in [7, 11) is 0. The Morgan fingerprint density at radius 1 is 0.639 bits per heavy atom. The molecule has 1 aliphatic carbocycles. The SMILES string of the molecule is NC(=O)c1cc2cccc3c2c(c1C(=O)N(Cc1ccccc1)Cc1ccccc1)-c1ccccc1-3. The first-order valence-corrected chi connectivity index (χ1v) is 12.0. The van der Waals surface area contributed by atoms with E-state index in [2.05, 4.69) is 12.1 Å². The number of rotatable bonds is 6. The summed E-state index contributed by atoms with van der Waals surface area (Å²) in [5, 5.41) is 1.90. The van der Waals surface area contributed by atoms with Gasteiger partial charge in [0.2, 0.25) is 5.91 Å².